The number of hydrogen-bond acceptors (Lipinski definition) is 3. The van der Waals surface area contributed by atoms with Crippen molar-refractivity contribution in [2.24, 2.45) is 0 Å². The first-order valence-corrected chi connectivity index (χ1v) is 7.92. The van der Waals surface area contributed by atoms with E-state index in [2.05, 4.69) is 15.5 Å². The summed E-state index contributed by atoms with van der Waals surface area (Å²) in [5.74, 6) is -0.103. The molecule has 0 spiro atoms. The maximum Gasteiger partial charge on any atom is 0.420 e. The zero-order valence-corrected chi connectivity index (χ0v) is 12.9. The predicted molar refractivity (Wildman–Crippen MR) is 81.4 cm³/mol. The Labute approximate surface area is 132 Å². The van der Waals surface area contributed by atoms with E-state index >= 15 is 0 Å². The van der Waals surface area contributed by atoms with Gasteiger partial charge in [0.15, 0.2) is 0 Å². The summed E-state index contributed by atoms with van der Waals surface area (Å²) >= 11 is 0. The Kier molecular flexibility index (Phi) is 4.48. The lowest BCUT2D eigenvalue weighted by Gasteiger charge is -2.30. The van der Waals surface area contributed by atoms with Crippen LogP contribution in [0.5, 0.6) is 5.75 Å². The molecule has 2 aromatic rings. The molecule has 0 bridgehead atoms. The van der Waals surface area contributed by atoms with Crippen molar-refractivity contribution in [3.8, 4) is 5.75 Å². The monoisotopic (exact) mass is 327 g/mol. The smallest absolute Gasteiger partial charge is 0.420 e. The van der Waals surface area contributed by atoms with Gasteiger partial charge in [-0.3, -0.25) is 5.10 Å². The quantitative estimate of drug-likeness (QED) is 0.896. The Morgan fingerprint density at radius 2 is 2.17 bits per heavy atom. The molecule has 1 heterocycles. The second kappa shape index (κ2) is 6.39. The highest BCUT2D eigenvalue weighted by molar-refractivity contribution is 5.84. The first kappa shape index (κ1) is 16.1. The van der Waals surface area contributed by atoms with Gasteiger partial charge in [0.25, 0.3) is 0 Å². The molecule has 1 aliphatic rings. The molecule has 23 heavy (non-hydrogen) atoms. The fraction of sp³-hybridized carbons (Fsp3) is 0.562. The molecule has 0 unspecified atom stereocenters. The van der Waals surface area contributed by atoms with Crippen LogP contribution in [-0.2, 0) is 6.18 Å². The fourth-order valence-corrected chi connectivity index (χ4v) is 3.29. The van der Waals surface area contributed by atoms with Crippen molar-refractivity contribution in [3.63, 3.8) is 0 Å². The van der Waals surface area contributed by atoms with Crippen molar-refractivity contribution in [1.82, 2.24) is 15.5 Å². The van der Waals surface area contributed by atoms with Crippen LogP contribution in [0.4, 0.5) is 13.2 Å². The molecule has 0 aliphatic heterocycles. The second-order valence-electron chi connectivity index (χ2n) is 5.93. The van der Waals surface area contributed by atoms with Gasteiger partial charge in [-0.2, -0.15) is 18.3 Å². The maximum atomic E-state index is 13.5. The van der Waals surface area contributed by atoms with E-state index in [9.17, 15) is 13.2 Å². The summed E-state index contributed by atoms with van der Waals surface area (Å²) in [4.78, 5) is 0. The Balaban J connectivity index is 1.87. The molecule has 1 saturated carbocycles. The van der Waals surface area contributed by atoms with Crippen LogP contribution in [0, 0.1) is 0 Å². The number of alkyl halides is 3. The van der Waals surface area contributed by atoms with Gasteiger partial charge in [-0.1, -0.05) is 6.92 Å². The summed E-state index contributed by atoms with van der Waals surface area (Å²) in [6, 6.07) is 3.28. The van der Waals surface area contributed by atoms with E-state index in [1.165, 1.54) is 12.3 Å². The van der Waals surface area contributed by atoms with E-state index in [0.29, 0.717) is 11.6 Å². The molecule has 0 radical (unpaired) electrons. The molecule has 3 rings (SSSR count). The van der Waals surface area contributed by atoms with Crippen molar-refractivity contribution in [2.75, 3.05) is 6.54 Å². The van der Waals surface area contributed by atoms with Gasteiger partial charge in [0.05, 0.1) is 11.7 Å². The van der Waals surface area contributed by atoms with Crippen LogP contribution in [0.2, 0.25) is 0 Å². The van der Waals surface area contributed by atoms with Crippen molar-refractivity contribution >= 4 is 10.9 Å². The van der Waals surface area contributed by atoms with Crippen LogP contribution in [0.15, 0.2) is 18.3 Å². The highest BCUT2D eigenvalue weighted by Crippen LogP contribution is 2.41. The predicted octanol–water partition coefficient (Wildman–Crippen LogP) is 3.88. The van der Waals surface area contributed by atoms with Crippen molar-refractivity contribution < 1.29 is 17.9 Å². The SMILES string of the molecule is CCN[C@@H]1CCC[C@H](Oc2ccc3[nH]ncc3c2C(F)(F)F)C1. The molecule has 4 nitrogen and oxygen atoms in total. The van der Waals surface area contributed by atoms with E-state index in [4.69, 9.17) is 4.74 Å². The van der Waals surface area contributed by atoms with Gasteiger partial charge in [-0.25, -0.2) is 0 Å². The Bertz CT molecular complexity index is 666. The molecule has 1 fully saturated rings. The molecule has 1 aliphatic carbocycles. The Morgan fingerprint density at radius 1 is 1.35 bits per heavy atom. The molecule has 0 amide bonds. The van der Waals surface area contributed by atoms with Crippen molar-refractivity contribution in [1.29, 1.82) is 0 Å². The molecular weight excluding hydrogens is 307 g/mol. The van der Waals surface area contributed by atoms with Gasteiger partial charge in [-0.15, -0.1) is 0 Å². The minimum Gasteiger partial charge on any atom is -0.490 e. The number of H-pyrrole nitrogens is 1. The largest absolute Gasteiger partial charge is 0.490 e. The summed E-state index contributed by atoms with van der Waals surface area (Å²) in [6.45, 7) is 2.88. The average molecular weight is 327 g/mol. The van der Waals surface area contributed by atoms with Gasteiger partial charge >= 0.3 is 6.18 Å². The molecule has 2 N–H and O–H groups in total. The number of aromatic nitrogens is 2. The summed E-state index contributed by atoms with van der Waals surface area (Å²) in [6.07, 6.45) is 0.0373. The van der Waals surface area contributed by atoms with Crippen LogP contribution >= 0.6 is 0 Å². The number of aromatic amines is 1. The molecular formula is C16H20F3N3O. The number of ether oxygens (including phenoxy) is 1. The first-order chi connectivity index (χ1) is 11.0. The van der Waals surface area contributed by atoms with Gasteiger partial charge in [0, 0.05) is 11.4 Å². The highest BCUT2D eigenvalue weighted by atomic mass is 19.4. The second-order valence-corrected chi connectivity index (χ2v) is 5.93. The van der Waals surface area contributed by atoms with E-state index < -0.39 is 11.7 Å². The molecule has 0 saturated heterocycles. The van der Waals surface area contributed by atoms with Crippen molar-refractivity contribution in [2.45, 2.75) is 50.9 Å². The molecule has 1 aromatic heterocycles. The molecule has 126 valence electrons. The van der Waals surface area contributed by atoms with Gasteiger partial charge < -0.3 is 10.1 Å². The normalized spacial score (nSPS) is 22.4. The minimum absolute atomic E-state index is 0.0500. The van der Waals surface area contributed by atoms with Gasteiger partial charge in [0.1, 0.15) is 17.4 Å². The van der Waals surface area contributed by atoms with E-state index in [1.54, 1.807) is 6.07 Å². The standard InChI is InChI=1S/C16H20F3N3O/c1-2-20-10-4-3-5-11(8-10)23-14-7-6-13-12(9-21-22-13)15(14)16(17,18)19/h6-7,9-11,20H,2-5,8H2,1H3,(H,21,22)/t10-,11+/m1/s1. The number of rotatable bonds is 4. The lowest BCUT2D eigenvalue weighted by molar-refractivity contribution is -0.138. The minimum atomic E-state index is -4.48. The van der Waals surface area contributed by atoms with Crippen LogP contribution in [0.25, 0.3) is 10.9 Å². The van der Waals surface area contributed by atoms with Crippen LogP contribution in [0.1, 0.15) is 38.2 Å². The maximum absolute atomic E-state index is 13.5. The van der Waals surface area contributed by atoms with Crippen LogP contribution < -0.4 is 10.1 Å². The van der Waals surface area contributed by atoms with E-state index in [-0.39, 0.29) is 17.2 Å². The molecule has 7 heteroatoms. The Morgan fingerprint density at radius 3 is 2.91 bits per heavy atom. The summed E-state index contributed by atoms with van der Waals surface area (Å²) < 4.78 is 46.2. The molecule has 2 atom stereocenters. The van der Waals surface area contributed by atoms with Gasteiger partial charge in [0.2, 0.25) is 0 Å². The lowest BCUT2D eigenvalue weighted by atomic mass is 9.92. The third kappa shape index (κ3) is 3.44. The van der Waals surface area contributed by atoms with Crippen LogP contribution in [-0.4, -0.2) is 28.9 Å². The van der Waals surface area contributed by atoms with Crippen LogP contribution in [0.3, 0.4) is 0 Å². The Hall–Kier alpha value is -1.76. The third-order valence-corrected chi connectivity index (χ3v) is 4.28. The number of nitrogens with zero attached hydrogens (tertiary/aromatic N) is 1. The summed E-state index contributed by atoms with van der Waals surface area (Å²) in [5, 5.41) is 9.68. The number of halogens is 3. The first-order valence-electron chi connectivity index (χ1n) is 7.92. The molecule has 1 aromatic carbocycles. The number of fused-ring (bicyclic) bond motifs is 1. The topological polar surface area (TPSA) is 49.9 Å². The third-order valence-electron chi connectivity index (χ3n) is 4.28. The number of hydrogen-bond donors (Lipinski definition) is 2. The van der Waals surface area contributed by atoms with E-state index in [0.717, 1.165) is 32.2 Å². The highest BCUT2D eigenvalue weighted by Gasteiger charge is 2.38. The number of benzene rings is 1. The summed E-state index contributed by atoms with van der Waals surface area (Å²) in [7, 11) is 0. The number of nitrogens with one attached hydrogen (secondary N) is 2. The zero-order chi connectivity index (χ0) is 16.4. The van der Waals surface area contributed by atoms with Gasteiger partial charge in [-0.05, 0) is 44.4 Å². The average Bonchev–Trinajstić information content (AvgIpc) is 2.94. The lowest BCUT2D eigenvalue weighted by Crippen LogP contribution is -2.38. The van der Waals surface area contributed by atoms with Crippen molar-refractivity contribution in [3.05, 3.63) is 23.9 Å². The summed E-state index contributed by atoms with van der Waals surface area (Å²) in [5.41, 5.74) is -0.381. The zero-order valence-electron chi connectivity index (χ0n) is 12.9. The van der Waals surface area contributed by atoms with E-state index in [1.807, 2.05) is 6.92 Å². The fourth-order valence-electron chi connectivity index (χ4n) is 3.29.